The Labute approximate surface area is 396 Å². The molecule has 14 aromatic rings. The molecule has 6 nitrogen and oxygen atoms in total. The number of hydrogen-bond donors (Lipinski definition) is 0. The lowest BCUT2D eigenvalue weighted by Gasteiger charge is -2.15. The van der Waals surface area contributed by atoms with E-state index < -0.39 is 0 Å². The molecule has 0 aliphatic carbocycles. The monoisotopic (exact) mass is 881 g/mol. The van der Waals surface area contributed by atoms with Gasteiger partial charge in [0.2, 0.25) is 5.95 Å². The largest absolute Gasteiger partial charge is 0.455 e. The van der Waals surface area contributed by atoms with Gasteiger partial charge in [-0.1, -0.05) is 206 Å². The Morgan fingerprint density at radius 3 is 1.48 bits per heavy atom. The van der Waals surface area contributed by atoms with Gasteiger partial charge in [-0.05, 0) is 58.1 Å². The molecule has 0 N–H and O–H groups in total. The highest BCUT2D eigenvalue weighted by Crippen LogP contribution is 2.44. The van der Waals surface area contributed by atoms with Gasteiger partial charge < -0.3 is 8.98 Å². The summed E-state index contributed by atoms with van der Waals surface area (Å²) in [6.45, 7) is 0. The van der Waals surface area contributed by atoms with Crippen LogP contribution in [0.15, 0.2) is 241 Å². The first-order valence-corrected chi connectivity index (χ1v) is 23.3. The molecule has 0 saturated carbocycles. The minimum Gasteiger partial charge on any atom is -0.455 e. The Morgan fingerprint density at radius 1 is 0.304 bits per heavy atom. The lowest BCUT2D eigenvalue weighted by Crippen LogP contribution is -2.07. The van der Waals surface area contributed by atoms with Crippen LogP contribution in [0.2, 0.25) is 0 Å². The van der Waals surface area contributed by atoms with E-state index in [1.165, 1.54) is 0 Å². The Hall–Kier alpha value is -9.39. The number of furan rings is 1. The molecule has 0 saturated heterocycles. The first-order chi connectivity index (χ1) is 34.2. The van der Waals surface area contributed by atoms with E-state index in [9.17, 15) is 0 Å². The van der Waals surface area contributed by atoms with Crippen molar-refractivity contribution in [2.75, 3.05) is 0 Å². The lowest BCUT2D eigenvalue weighted by molar-refractivity contribution is 0.670. The molecule has 0 bridgehead atoms. The topological polar surface area (TPSA) is 61.7 Å². The molecule has 14 rings (SSSR count). The van der Waals surface area contributed by atoms with Crippen LogP contribution >= 0.6 is 0 Å². The summed E-state index contributed by atoms with van der Waals surface area (Å²) in [5.74, 6) is 1.70. The standard InChI is InChI=1S/C63H39N5O/c1-4-18-40(19-5-1)41-32-34-44(35-33-41)61-64-62(52-28-11-10-24-46(52)42-20-6-2-7-21-42)66-63(65-61)68-56-30-16-13-26-48(56)51-37-36-50-47-25-12-15-29-55(47)67(58(50)59(51)68)45-38-53(43-22-8-3-9-23-43)60-54(39-45)49-27-14-17-31-57(49)69-60/h1-39H. The molecule has 322 valence electrons. The van der Waals surface area contributed by atoms with Crippen molar-refractivity contribution in [3.8, 4) is 67.8 Å². The summed E-state index contributed by atoms with van der Waals surface area (Å²) >= 11 is 0. The van der Waals surface area contributed by atoms with Gasteiger partial charge in [-0.15, -0.1) is 0 Å². The Morgan fingerprint density at radius 2 is 0.797 bits per heavy atom. The Kier molecular flexibility index (Phi) is 8.79. The maximum absolute atomic E-state index is 6.70. The number of rotatable bonds is 7. The van der Waals surface area contributed by atoms with Crippen LogP contribution in [-0.4, -0.2) is 24.1 Å². The van der Waals surface area contributed by atoms with Crippen LogP contribution in [0.5, 0.6) is 0 Å². The summed E-state index contributed by atoms with van der Waals surface area (Å²) in [7, 11) is 0. The normalized spacial score (nSPS) is 11.8. The van der Waals surface area contributed by atoms with Crippen LogP contribution < -0.4 is 0 Å². The number of benzene rings is 10. The van der Waals surface area contributed by atoms with Crippen molar-refractivity contribution < 1.29 is 4.42 Å². The SMILES string of the molecule is c1ccc(-c2ccc(-c3nc(-c4ccccc4-c4ccccc4)nc(-n4c5ccccc5c5ccc6c7ccccc7n(-c7cc(-c8ccccc8)c8oc9ccccc9c8c7)c6c54)n3)cc2)cc1. The fourth-order valence-electron chi connectivity index (χ4n) is 10.5. The van der Waals surface area contributed by atoms with Gasteiger partial charge >= 0.3 is 0 Å². The van der Waals surface area contributed by atoms with Crippen molar-refractivity contribution in [2.24, 2.45) is 0 Å². The average Bonchev–Trinajstić information content (AvgIpc) is 4.09. The first-order valence-electron chi connectivity index (χ1n) is 23.3. The molecular weight excluding hydrogens is 843 g/mol. The molecule has 69 heavy (non-hydrogen) atoms. The summed E-state index contributed by atoms with van der Waals surface area (Å²) in [5, 5.41) is 6.61. The van der Waals surface area contributed by atoms with Crippen molar-refractivity contribution in [1.29, 1.82) is 0 Å². The second kappa shape index (κ2) is 15.6. The Bertz CT molecular complexity index is 4280. The molecule has 4 aromatic heterocycles. The molecule has 4 heterocycles. The quantitative estimate of drug-likeness (QED) is 0.160. The van der Waals surface area contributed by atoms with Gasteiger partial charge in [0.1, 0.15) is 11.2 Å². The average molecular weight is 882 g/mol. The highest BCUT2D eigenvalue weighted by Gasteiger charge is 2.25. The molecule has 0 radical (unpaired) electrons. The lowest BCUT2D eigenvalue weighted by atomic mass is 9.99. The van der Waals surface area contributed by atoms with Crippen molar-refractivity contribution in [2.45, 2.75) is 0 Å². The second-order valence-corrected chi connectivity index (χ2v) is 17.5. The zero-order valence-electron chi connectivity index (χ0n) is 37.2. The van der Waals surface area contributed by atoms with Crippen molar-refractivity contribution in [1.82, 2.24) is 24.1 Å². The molecule has 0 aliphatic rings. The van der Waals surface area contributed by atoms with Gasteiger partial charge in [-0.3, -0.25) is 4.57 Å². The van der Waals surface area contributed by atoms with Crippen molar-refractivity contribution in [3.63, 3.8) is 0 Å². The van der Waals surface area contributed by atoms with E-state index in [4.69, 9.17) is 19.4 Å². The summed E-state index contributed by atoms with van der Waals surface area (Å²) < 4.78 is 11.4. The summed E-state index contributed by atoms with van der Waals surface area (Å²) in [4.78, 5) is 16.3. The van der Waals surface area contributed by atoms with E-state index in [1.54, 1.807) is 0 Å². The van der Waals surface area contributed by atoms with Gasteiger partial charge in [-0.2, -0.15) is 9.97 Å². The van der Waals surface area contributed by atoms with E-state index in [1.807, 2.05) is 18.2 Å². The van der Waals surface area contributed by atoms with Crippen LogP contribution in [0, 0.1) is 0 Å². The minimum atomic E-state index is 0.529. The third-order valence-electron chi connectivity index (χ3n) is 13.6. The summed E-state index contributed by atoms with van der Waals surface area (Å²) in [5.41, 5.74) is 15.2. The maximum Gasteiger partial charge on any atom is 0.238 e. The molecule has 10 aromatic carbocycles. The minimum absolute atomic E-state index is 0.529. The fraction of sp³-hybridized carbons (Fsp3) is 0. The predicted octanol–water partition coefficient (Wildman–Crippen LogP) is 16.3. The zero-order chi connectivity index (χ0) is 45.4. The molecule has 6 heteroatoms. The van der Waals surface area contributed by atoms with Crippen LogP contribution in [0.4, 0.5) is 0 Å². The van der Waals surface area contributed by atoms with Gasteiger partial charge in [0.05, 0.1) is 22.1 Å². The van der Waals surface area contributed by atoms with Crippen molar-refractivity contribution in [3.05, 3.63) is 237 Å². The predicted molar refractivity (Wildman–Crippen MR) is 283 cm³/mol. The van der Waals surface area contributed by atoms with E-state index in [-0.39, 0.29) is 0 Å². The number of nitrogens with zero attached hydrogens (tertiary/aromatic N) is 5. The van der Waals surface area contributed by atoms with E-state index in [2.05, 4.69) is 228 Å². The van der Waals surface area contributed by atoms with Gasteiger partial charge in [-0.25, -0.2) is 4.98 Å². The maximum atomic E-state index is 6.70. The van der Waals surface area contributed by atoms with Crippen LogP contribution in [0.25, 0.3) is 133 Å². The molecule has 0 spiro atoms. The molecule has 0 amide bonds. The highest BCUT2D eigenvalue weighted by molar-refractivity contribution is 6.24. The van der Waals surface area contributed by atoms with Crippen LogP contribution in [-0.2, 0) is 0 Å². The van der Waals surface area contributed by atoms with Crippen LogP contribution in [0.3, 0.4) is 0 Å². The number of fused-ring (bicyclic) bond motifs is 10. The number of para-hydroxylation sites is 3. The highest BCUT2D eigenvalue weighted by atomic mass is 16.3. The zero-order valence-corrected chi connectivity index (χ0v) is 37.2. The molecular formula is C63H39N5O. The molecule has 0 fully saturated rings. The summed E-state index contributed by atoms with van der Waals surface area (Å²) in [6.07, 6.45) is 0. The van der Waals surface area contributed by atoms with Gasteiger partial charge in [0.15, 0.2) is 11.6 Å². The van der Waals surface area contributed by atoms with Gasteiger partial charge in [0, 0.05) is 54.7 Å². The fourth-order valence-corrected chi connectivity index (χ4v) is 10.5. The number of aromatic nitrogens is 5. The Balaban J connectivity index is 1.10. The van der Waals surface area contributed by atoms with Crippen LogP contribution in [0.1, 0.15) is 0 Å². The van der Waals surface area contributed by atoms with Gasteiger partial charge in [0.25, 0.3) is 0 Å². The third kappa shape index (κ3) is 6.23. The third-order valence-corrected chi connectivity index (χ3v) is 13.6. The van der Waals surface area contributed by atoms with E-state index in [0.717, 1.165) is 116 Å². The van der Waals surface area contributed by atoms with E-state index in [0.29, 0.717) is 17.6 Å². The molecule has 0 atom stereocenters. The van der Waals surface area contributed by atoms with E-state index >= 15 is 0 Å². The molecule has 0 aliphatic heterocycles. The summed E-state index contributed by atoms with van der Waals surface area (Å²) in [6, 6.07) is 83.2. The first kappa shape index (κ1) is 38.8. The number of hydrogen-bond acceptors (Lipinski definition) is 4. The molecule has 0 unspecified atom stereocenters. The van der Waals surface area contributed by atoms with Crippen molar-refractivity contribution >= 4 is 65.6 Å². The second-order valence-electron chi connectivity index (χ2n) is 17.5. The smallest absolute Gasteiger partial charge is 0.238 e.